The van der Waals surface area contributed by atoms with Crippen molar-refractivity contribution in [2.45, 2.75) is 13.1 Å². The van der Waals surface area contributed by atoms with Gasteiger partial charge < -0.3 is 4.90 Å². The molecular formula is C21H18N2. The first-order chi connectivity index (χ1) is 11.3. The molecule has 3 aromatic carbocycles. The summed E-state index contributed by atoms with van der Waals surface area (Å²) in [6.07, 6.45) is 0. The van der Waals surface area contributed by atoms with Crippen LogP contribution in [0.4, 0.5) is 5.69 Å². The average molecular weight is 298 g/mol. The second-order valence-corrected chi connectivity index (χ2v) is 5.49. The Labute approximate surface area is 137 Å². The van der Waals surface area contributed by atoms with Gasteiger partial charge in [0.2, 0.25) is 0 Å². The van der Waals surface area contributed by atoms with E-state index in [1.165, 1.54) is 11.1 Å². The lowest BCUT2D eigenvalue weighted by atomic mass is 10.1. The number of hydrogen-bond donors (Lipinski definition) is 0. The zero-order valence-electron chi connectivity index (χ0n) is 12.9. The Hall–Kier alpha value is -3.05. The van der Waals surface area contributed by atoms with Crippen molar-refractivity contribution in [1.82, 2.24) is 0 Å². The summed E-state index contributed by atoms with van der Waals surface area (Å²) in [6, 6.07) is 30.8. The zero-order valence-corrected chi connectivity index (χ0v) is 12.9. The normalized spacial score (nSPS) is 10.0. The van der Waals surface area contributed by atoms with E-state index in [2.05, 4.69) is 65.6 Å². The molecule has 0 aliphatic heterocycles. The highest BCUT2D eigenvalue weighted by Crippen LogP contribution is 2.21. The Morgan fingerprint density at radius 2 is 1.26 bits per heavy atom. The first-order valence-electron chi connectivity index (χ1n) is 7.68. The fourth-order valence-electron chi connectivity index (χ4n) is 2.62. The van der Waals surface area contributed by atoms with Crippen molar-refractivity contribution in [1.29, 1.82) is 5.26 Å². The third kappa shape index (κ3) is 3.99. The smallest absolute Gasteiger partial charge is 0.0992 e. The van der Waals surface area contributed by atoms with E-state index in [1.54, 1.807) is 0 Å². The molecule has 23 heavy (non-hydrogen) atoms. The molecule has 0 aliphatic carbocycles. The van der Waals surface area contributed by atoms with E-state index in [-0.39, 0.29) is 0 Å². The van der Waals surface area contributed by atoms with Gasteiger partial charge in [0.15, 0.2) is 0 Å². The topological polar surface area (TPSA) is 27.0 Å². The van der Waals surface area contributed by atoms with Crippen molar-refractivity contribution in [3.8, 4) is 6.07 Å². The van der Waals surface area contributed by atoms with Crippen LogP contribution in [0.3, 0.4) is 0 Å². The monoisotopic (exact) mass is 298 g/mol. The zero-order chi connectivity index (χ0) is 15.9. The van der Waals surface area contributed by atoms with Crippen LogP contribution >= 0.6 is 0 Å². The molecule has 2 heteroatoms. The van der Waals surface area contributed by atoms with Gasteiger partial charge in [0.05, 0.1) is 11.6 Å². The third-order valence-electron chi connectivity index (χ3n) is 3.77. The van der Waals surface area contributed by atoms with Gasteiger partial charge in [0.1, 0.15) is 0 Å². The van der Waals surface area contributed by atoms with E-state index in [1.807, 2.05) is 30.3 Å². The Bertz CT molecular complexity index is 747. The van der Waals surface area contributed by atoms with Crippen LogP contribution in [-0.4, -0.2) is 0 Å². The number of nitrogens with zero attached hydrogens (tertiary/aromatic N) is 2. The van der Waals surface area contributed by atoms with Crippen LogP contribution in [0.25, 0.3) is 0 Å². The summed E-state index contributed by atoms with van der Waals surface area (Å²) in [7, 11) is 0. The fraction of sp³-hybridized carbons (Fsp3) is 0.0952. The van der Waals surface area contributed by atoms with Crippen LogP contribution in [0.15, 0.2) is 84.9 Å². The van der Waals surface area contributed by atoms with Crippen LogP contribution in [-0.2, 0) is 13.1 Å². The third-order valence-corrected chi connectivity index (χ3v) is 3.77. The molecule has 0 aromatic heterocycles. The summed E-state index contributed by atoms with van der Waals surface area (Å²) in [6.45, 7) is 1.62. The summed E-state index contributed by atoms with van der Waals surface area (Å²) in [5.74, 6) is 0. The van der Waals surface area contributed by atoms with Crippen LogP contribution in [0.1, 0.15) is 16.7 Å². The molecule has 0 atom stereocenters. The van der Waals surface area contributed by atoms with Crippen molar-refractivity contribution in [3.05, 3.63) is 102 Å². The quantitative estimate of drug-likeness (QED) is 0.678. The van der Waals surface area contributed by atoms with Crippen LogP contribution in [0, 0.1) is 11.3 Å². The van der Waals surface area contributed by atoms with Crippen molar-refractivity contribution < 1.29 is 0 Å². The molecular weight excluding hydrogens is 280 g/mol. The van der Waals surface area contributed by atoms with Crippen LogP contribution in [0.2, 0.25) is 0 Å². The molecule has 0 spiro atoms. The summed E-state index contributed by atoms with van der Waals surface area (Å²) < 4.78 is 0. The maximum Gasteiger partial charge on any atom is 0.0992 e. The second-order valence-electron chi connectivity index (χ2n) is 5.49. The van der Waals surface area contributed by atoms with Gasteiger partial charge in [-0.3, -0.25) is 0 Å². The van der Waals surface area contributed by atoms with E-state index in [0.717, 1.165) is 18.8 Å². The number of benzene rings is 3. The predicted octanol–water partition coefficient (Wildman–Crippen LogP) is 4.77. The van der Waals surface area contributed by atoms with E-state index in [9.17, 15) is 0 Å². The number of rotatable bonds is 5. The molecule has 112 valence electrons. The van der Waals surface area contributed by atoms with Gasteiger partial charge in [-0.25, -0.2) is 0 Å². The fourth-order valence-corrected chi connectivity index (χ4v) is 2.62. The van der Waals surface area contributed by atoms with Gasteiger partial charge in [-0.05, 0) is 29.3 Å². The minimum absolute atomic E-state index is 0.689. The lowest BCUT2D eigenvalue weighted by molar-refractivity contribution is 0.800. The summed E-state index contributed by atoms with van der Waals surface area (Å²) in [4.78, 5) is 2.30. The molecule has 0 aliphatic rings. The van der Waals surface area contributed by atoms with Gasteiger partial charge in [0.25, 0.3) is 0 Å². The highest BCUT2D eigenvalue weighted by Gasteiger charge is 2.09. The van der Waals surface area contributed by atoms with E-state index in [4.69, 9.17) is 5.26 Å². The lowest BCUT2D eigenvalue weighted by Crippen LogP contribution is -2.22. The predicted molar refractivity (Wildman–Crippen MR) is 93.9 cm³/mol. The van der Waals surface area contributed by atoms with Gasteiger partial charge in [-0.1, -0.05) is 66.7 Å². The molecule has 0 saturated heterocycles. The number of nitriles is 1. The maximum absolute atomic E-state index is 9.15. The van der Waals surface area contributed by atoms with Gasteiger partial charge in [0, 0.05) is 18.8 Å². The van der Waals surface area contributed by atoms with Gasteiger partial charge in [-0.15, -0.1) is 0 Å². The largest absolute Gasteiger partial charge is 0.363 e. The number of hydrogen-bond acceptors (Lipinski definition) is 2. The molecule has 0 saturated carbocycles. The Kier molecular flexibility index (Phi) is 4.71. The molecule has 0 N–H and O–H groups in total. The van der Waals surface area contributed by atoms with Crippen molar-refractivity contribution in [2.75, 3.05) is 4.90 Å². The van der Waals surface area contributed by atoms with Gasteiger partial charge in [-0.2, -0.15) is 5.26 Å². The minimum Gasteiger partial charge on any atom is -0.363 e. The second kappa shape index (κ2) is 7.29. The SMILES string of the molecule is N#Cc1cccc(N(Cc2ccccc2)Cc2ccccc2)c1. The molecule has 2 nitrogen and oxygen atoms in total. The molecule has 0 heterocycles. The van der Waals surface area contributed by atoms with Crippen LogP contribution < -0.4 is 4.90 Å². The first-order valence-corrected chi connectivity index (χ1v) is 7.68. The van der Waals surface area contributed by atoms with E-state index >= 15 is 0 Å². The Balaban J connectivity index is 1.90. The van der Waals surface area contributed by atoms with Crippen molar-refractivity contribution in [2.24, 2.45) is 0 Å². The summed E-state index contributed by atoms with van der Waals surface area (Å²) in [5.41, 5.74) is 4.27. The Morgan fingerprint density at radius 1 is 0.696 bits per heavy atom. The molecule has 3 rings (SSSR count). The highest BCUT2D eigenvalue weighted by molar-refractivity contribution is 5.52. The summed E-state index contributed by atoms with van der Waals surface area (Å²) in [5, 5.41) is 9.15. The maximum atomic E-state index is 9.15. The Morgan fingerprint density at radius 3 is 1.78 bits per heavy atom. The highest BCUT2D eigenvalue weighted by atomic mass is 15.1. The van der Waals surface area contributed by atoms with Gasteiger partial charge >= 0.3 is 0 Å². The summed E-state index contributed by atoms with van der Waals surface area (Å²) >= 11 is 0. The molecule has 0 fully saturated rings. The lowest BCUT2D eigenvalue weighted by Gasteiger charge is -2.25. The van der Waals surface area contributed by atoms with E-state index in [0.29, 0.717) is 5.56 Å². The molecule has 0 amide bonds. The molecule has 3 aromatic rings. The molecule has 0 bridgehead atoms. The molecule has 0 unspecified atom stereocenters. The van der Waals surface area contributed by atoms with Crippen molar-refractivity contribution >= 4 is 5.69 Å². The molecule has 0 radical (unpaired) electrons. The van der Waals surface area contributed by atoms with Crippen molar-refractivity contribution in [3.63, 3.8) is 0 Å². The standard InChI is InChI=1S/C21H18N2/c22-15-20-12-7-13-21(14-20)23(16-18-8-3-1-4-9-18)17-19-10-5-2-6-11-19/h1-14H,16-17H2. The minimum atomic E-state index is 0.689. The average Bonchev–Trinajstić information content (AvgIpc) is 2.63. The van der Waals surface area contributed by atoms with Crippen LogP contribution in [0.5, 0.6) is 0 Å². The van der Waals surface area contributed by atoms with E-state index < -0.39 is 0 Å². The number of anilines is 1. The first kappa shape index (κ1) is 14.9.